The molecule has 1 aromatic carbocycles. The number of likely N-dealkylation sites (tertiary alicyclic amines) is 1. The molecule has 0 bridgehead atoms. The minimum Gasteiger partial charge on any atom is -0.478 e. The summed E-state index contributed by atoms with van der Waals surface area (Å²) in [5.41, 5.74) is 1.16. The number of hydrogen-bond donors (Lipinski definition) is 2. The summed E-state index contributed by atoms with van der Waals surface area (Å²) in [5, 5.41) is 11.4. The number of nitrogens with one attached hydrogen (secondary N) is 1. The normalized spacial score (nSPS) is 24.4. The first-order valence-electron chi connectivity index (χ1n) is 9.03. The standard InChI is InChI=1S/C19H17N3O6/c23-13-4-3-12(16(24)20-13)22-7-11-2-1-10-5-6-19(8-21(9-19)18(26)27)28-15(10)14(11)17(22)25/h1-2,5-6,12H,3-4,7-9H2,(H,26,27)(H,20,23,24). The second-order valence-electron chi connectivity index (χ2n) is 7.56. The highest BCUT2D eigenvalue weighted by atomic mass is 16.5. The molecule has 9 heteroatoms. The highest BCUT2D eigenvalue weighted by molar-refractivity contribution is 6.07. The third-order valence-electron chi connectivity index (χ3n) is 5.74. The van der Waals surface area contributed by atoms with Crippen LogP contribution in [0.5, 0.6) is 5.75 Å². The van der Waals surface area contributed by atoms with Gasteiger partial charge in [0.25, 0.3) is 5.91 Å². The smallest absolute Gasteiger partial charge is 0.407 e. The van der Waals surface area contributed by atoms with Gasteiger partial charge in [-0.2, -0.15) is 0 Å². The van der Waals surface area contributed by atoms with Gasteiger partial charge < -0.3 is 14.7 Å². The van der Waals surface area contributed by atoms with Crippen molar-refractivity contribution in [3.05, 3.63) is 34.9 Å². The number of imide groups is 1. The summed E-state index contributed by atoms with van der Waals surface area (Å²) >= 11 is 0. The molecule has 4 amide bonds. The fourth-order valence-electron chi connectivity index (χ4n) is 4.26. The lowest BCUT2D eigenvalue weighted by Gasteiger charge is -2.48. The summed E-state index contributed by atoms with van der Waals surface area (Å²) < 4.78 is 6.13. The highest BCUT2D eigenvalue weighted by Gasteiger charge is 2.49. The number of benzene rings is 1. The fourth-order valence-corrected chi connectivity index (χ4v) is 4.26. The fraction of sp³-hybridized carbons (Fsp3) is 0.368. The van der Waals surface area contributed by atoms with Gasteiger partial charge in [-0.1, -0.05) is 18.2 Å². The summed E-state index contributed by atoms with van der Waals surface area (Å²) in [6.45, 7) is 0.676. The number of fused-ring (bicyclic) bond motifs is 3. The highest BCUT2D eigenvalue weighted by Crippen LogP contribution is 2.43. The maximum atomic E-state index is 13.1. The van der Waals surface area contributed by atoms with Crippen molar-refractivity contribution in [2.75, 3.05) is 13.1 Å². The maximum absolute atomic E-state index is 13.1. The zero-order chi connectivity index (χ0) is 19.6. The molecule has 5 rings (SSSR count). The molecule has 1 atom stereocenters. The minimum absolute atomic E-state index is 0.196. The monoisotopic (exact) mass is 383 g/mol. The molecular weight excluding hydrogens is 366 g/mol. The largest absolute Gasteiger partial charge is 0.478 e. The number of carboxylic acid groups (broad SMARTS) is 1. The van der Waals surface area contributed by atoms with E-state index in [0.717, 1.165) is 11.1 Å². The van der Waals surface area contributed by atoms with E-state index in [-0.39, 0.29) is 37.9 Å². The Kier molecular flexibility index (Phi) is 3.34. The second kappa shape index (κ2) is 5.57. The number of nitrogens with zero attached hydrogens (tertiary/aromatic N) is 2. The molecule has 0 radical (unpaired) electrons. The number of amides is 4. The molecule has 0 saturated carbocycles. The van der Waals surface area contributed by atoms with E-state index in [1.54, 1.807) is 0 Å². The Morgan fingerprint density at radius 1 is 1.25 bits per heavy atom. The molecule has 1 aromatic rings. The Hall–Kier alpha value is -3.36. The molecule has 144 valence electrons. The summed E-state index contributed by atoms with van der Waals surface area (Å²) in [4.78, 5) is 50.6. The van der Waals surface area contributed by atoms with Crippen LogP contribution >= 0.6 is 0 Å². The molecule has 1 spiro atoms. The van der Waals surface area contributed by atoms with Gasteiger partial charge in [-0.25, -0.2) is 4.79 Å². The molecule has 1 unspecified atom stereocenters. The molecule has 9 nitrogen and oxygen atoms in total. The van der Waals surface area contributed by atoms with E-state index in [0.29, 0.717) is 17.7 Å². The Morgan fingerprint density at radius 2 is 2.04 bits per heavy atom. The third kappa shape index (κ3) is 2.32. The molecule has 0 aromatic heterocycles. The van der Waals surface area contributed by atoms with E-state index in [1.165, 1.54) is 9.80 Å². The quantitative estimate of drug-likeness (QED) is 0.686. The summed E-state index contributed by atoms with van der Waals surface area (Å²) in [6, 6.07) is 3.01. The van der Waals surface area contributed by atoms with Gasteiger partial charge in [0.1, 0.15) is 11.8 Å². The number of piperidine rings is 1. The van der Waals surface area contributed by atoms with Gasteiger partial charge in [-0.15, -0.1) is 0 Å². The minimum atomic E-state index is -1.01. The van der Waals surface area contributed by atoms with Crippen LogP contribution in [0.2, 0.25) is 0 Å². The zero-order valence-electron chi connectivity index (χ0n) is 14.8. The predicted molar refractivity (Wildman–Crippen MR) is 94.5 cm³/mol. The lowest BCUT2D eigenvalue weighted by atomic mass is 9.89. The van der Waals surface area contributed by atoms with Crippen molar-refractivity contribution >= 4 is 29.9 Å². The van der Waals surface area contributed by atoms with Gasteiger partial charge in [0.15, 0.2) is 5.60 Å². The van der Waals surface area contributed by atoms with Gasteiger partial charge in [-0.3, -0.25) is 24.6 Å². The SMILES string of the molecule is O=C1CCC(N2Cc3ccc4c(c3C2=O)OC2(C=C4)CN(C(=O)O)C2)C(=O)N1. The summed E-state index contributed by atoms with van der Waals surface area (Å²) in [6.07, 6.45) is 3.16. The molecule has 2 fully saturated rings. The van der Waals surface area contributed by atoms with E-state index < -0.39 is 23.6 Å². The van der Waals surface area contributed by atoms with Crippen LogP contribution in [-0.4, -0.2) is 63.5 Å². The predicted octanol–water partition coefficient (Wildman–Crippen LogP) is 0.586. The number of hydrogen-bond acceptors (Lipinski definition) is 5. The molecule has 4 heterocycles. The van der Waals surface area contributed by atoms with Gasteiger partial charge >= 0.3 is 6.09 Å². The van der Waals surface area contributed by atoms with Crippen molar-refractivity contribution in [1.82, 2.24) is 15.1 Å². The van der Waals surface area contributed by atoms with Gasteiger partial charge in [0, 0.05) is 18.5 Å². The Morgan fingerprint density at radius 3 is 2.75 bits per heavy atom. The van der Waals surface area contributed by atoms with Gasteiger partial charge in [-0.05, 0) is 18.1 Å². The number of rotatable bonds is 1. The maximum Gasteiger partial charge on any atom is 0.407 e. The lowest BCUT2D eigenvalue weighted by molar-refractivity contribution is -0.136. The lowest BCUT2D eigenvalue weighted by Crippen LogP contribution is -2.65. The van der Waals surface area contributed by atoms with Crippen molar-refractivity contribution in [2.24, 2.45) is 0 Å². The van der Waals surface area contributed by atoms with Crippen LogP contribution in [0.15, 0.2) is 18.2 Å². The molecule has 28 heavy (non-hydrogen) atoms. The van der Waals surface area contributed by atoms with Crippen LogP contribution in [0, 0.1) is 0 Å². The van der Waals surface area contributed by atoms with Crippen molar-refractivity contribution in [1.29, 1.82) is 0 Å². The van der Waals surface area contributed by atoms with Crippen LogP contribution in [0.1, 0.15) is 34.3 Å². The molecule has 2 saturated heterocycles. The van der Waals surface area contributed by atoms with E-state index in [2.05, 4.69) is 5.32 Å². The first-order chi connectivity index (χ1) is 13.4. The van der Waals surface area contributed by atoms with Crippen LogP contribution < -0.4 is 10.1 Å². The van der Waals surface area contributed by atoms with Crippen LogP contribution in [-0.2, 0) is 16.1 Å². The van der Waals surface area contributed by atoms with E-state index in [9.17, 15) is 19.2 Å². The summed E-state index contributed by atoms with van der Waals surface area (Å²) in [7, 11) is 0. The average Bonchev–Trinajstić information content (AvgIpc) is 2.96. The molecule has 4 aliphatic rings. The average molecular weight is 383 g/mol. The molecule has 4 aliphatic heterocycles. The number of carbonyl (C=O) groups is 4. The first-order valence-corrected chi connectivity index (χ1v) is 9.03. The van der Waals surface area contributed by atoms with Gasteiger partial charge in [0.2, 0.25) is 11.8 Å². The molecule has 0 aliphatic carbocycles. The van der Waals surface area contributed by atoms with E-state index in [4.69, 9.17) is 9.84 Å². The van der Waals surface area contributed by atoms with Crippen LogP contribution in [0.25, 0.3) is 6.08 Å². The van der Waals surface area contributed by atoms with Crippen molar-refractivity contribution in [2.45, 2.75) is 31.0 Å². The van der Waals surface area contributed by atoms with Gasteiger partial charge in [0.05, 0.1) is 18.7 Å². The van der Waals surface area contributed by atoms with Crippen LogP contribution in [0.3, 0.4) is 0 Å². The Balaban J connectivity index is 1.44. The first kappa shape index (κ1) is 16.8. The topological polar surface area (TPSA) is 116 Å². The molecular formula is C19H17N3O6. The van der Waals surface area contributed by atoms with E-state index in [1.807, 2.05) is 24.3 Å². The van der Waals surface area contributed by atoms with Crippen LogP contribution in [0.4, 0.5) is 4.79 Å². The second-order valence-corrected chi connectivity index (χ2v) is 7.56. The third-order valence-corrected chi connectivity index (χ3v) is 5.74. The Labute approximate surface area is 159 Å². The number of carbonyl (C=O) groups excluding carboxylic acids is 3. The molecule has 2 N–H and O–H groups in total. The van der Waals surface area contributed by atoms with Crippen molar-refractivity contribution in [3.63, 3.8) is 0 Å². The zero-order valence-corrected chi connectivity index (χ0v) is 14.8. The van der Waals surface area contributed by atoms with E-state index >= 15 is 0 Å². The number of ether oxygens (including phenoxy) is 1. The van der Waals surface area contributed by atoms with Crippen molar-refractivity contribution in [3.8, 4) is 5.75 Å². The summed E-state index contributed by atoms with van der Waals surface area (Å²) in [5.74, 6) is -0.656. The Bertz CT molecular complexity index is 978. The van der Waals surface area contributed by atoms with Crippen molar-refractivity contribution < 1.29 is 29.0 Å².